The van der Waals surface area contributed by atoms with Crippen LogP contribution in [0.2, 0.25) is 0 Å². The molecule has 0 bridgehead atoms. The van der Waals surface area contributed by atoms with E-state index >= 15 is 0 Å². The summed E-state index contributed by atoms with van der Waals surface area (Å²) in [5.41, 5.74) is 36.0. The Kier molecular flexibility index (Phi) is 16.7. The second-order valence-corrected chi connectivity index (χ2v) is 42.0. The molecule has 0 saturated carbocycles. The summed E-state index contributed by atoms with van der Waals surface area (Å²) in [4.78, 5) is 5.49. The normalized spacial score (nSPS) is 13.4. The van der Waals surface area contributed by atoms with Gasteiger partial charge in [-0.2, -0.15) is 0 Å². The average Bonchev–Trinajstić information content (AvgIpc) is 1.69. The Morgan fingerprint density at radius 3 is 1.07 bits per heavy atom. The molecule has 2 aliphatic rings. The molecule has 23 aromatic rings. The van der Waals surface area contributed by atoms with Gasteiger partial charge in [0.25, 0.3) is 6.71 Å². The standard InChI is InChI=1S/C122H101BN6O2/c1-118(2,3)73-50-57-101-90(64-73)91-65-74(119(4,5)6)51-58-102(91)124(101)78-55-56-95-108(69-78)129(115-80(72-49-62-113-94(63-72)86-36-21-26-47-111(86)130-113)37-29-45-106(115)126-97-41-22-16-31-81(97)82-32-17-23-42-98(82)126)110-71-79(125-103-59-52-75(120(7,8)9)66-92(103)93-67-76(121(10,11)12)53-60-104(93)125)70-109-114(110)123(95)96-68-77(122(13,14)15)54-61-105(96)128(109)116-87(89-40-28-39-88-85-35-20-27-48-112(85)131-117(88)89)38-30-46-107(116)127-99-43-24-18-33-83(99)84-34-19-25-44-100(84)127/h16-71H,1-15H3. The van der Waals surface area contributed by atoms with Crippen molar-refractivity contribution in [3.05, 3.63) is 368 Å². The van der Waals surface area contributed by atoms with Gasteiger partial charge in [-0.05, 0) is 216 Å². The summed E-state index contributed by atoms with van der Waals surface area (Å²) in [6, 6.07) is 131. The van der Waals surface area contributed by atoms with Gasteiger partial charge >= 0.3 is 0 Å². The number of furan rings is 2. The molecule has 0 unspecified atom stereocenters. The van der Waals surface area contributed by atoms with Gasteiger partial charge in [0.15, 0.2) is 0 Å². The summed E-state index contributed by atoms with van der Waals surface area (Å²) in [6.07, 6.45) is 0. The monoisotopic (exact) mass is 1690 g/mol. The van der Waals surface area contributed by atoms with E-state index in [0.717, 1.165) is 167 Å². The van der Waals surface area contributed by atoms with Crippen LogP contribution in [0.4, 0.5) is 34.1 Å². The van der Waals surface area contributed by atoms with Gasteiger partial charge in [-0.3, -0.25) is 0 Å². The average molecular weight is 1690 g/mol. The third kappa shape index (κ3) is 11.8. The molecule has 17 aromatic carbocycles. The number of hydrogen-bond donors (Lipinski definition) is 0. The third-order valence-corrected chi connectivity index (χ3v) is 28.9. The lowest BCUT2D eigenvalue weighted by molar-refractivity contribution is 0.590. The van der Waals surface area contributed by atoms with E-state index in [-0.39, 0.29) is 33.8 Å². The molecule has 131 heavy (non-hydrogen) atoms. The first-order valence-corrected chi connectivity index (χ1v) is 46.5. The van der Waals surface area contributed by atoms with Crippen LogP contribution in [0, 0.1) is 0 Å². The summed E-state index contributed by atoms with van der Waals surface area (Å²) in [7, 11) is 0. The number of para-hydroxylation sites is 9. The highest BCUT2D eigenvalue weighted by Gasteiger charge is 2.47. The molecule has 2 aliphatic heterocycles. The number of anilines is 6. The van der Waals surface area contributed by atoms with E-state index in [1.54, 1.807) is 0 Å². The number of aromatic nitrogens is 4. The molecule has 9 heteroatoms. The fraction of sp³-hybridized carbons (Fsp3) is 0.164. The summed E-state index contributed by atoms with van der Waals surface area (Å²) in [5, 5.41) is 13.9. The lowest BCUT2D eigenvalue weighted by atomic mass is 9.33. The molecule has 0 fully saturated rings. The highest BCUT2D eigenvalue weighted by Crippen LogP contribution is 2.57. The topological polar surface area (TPSA) is 52.5 Å². The van der Waals surface area contributed by atoms with Gasteiger partial charge in [0.1, 0.15) is 22.3 Å². The number of rotatable bonds is 8. The Bertz CT molecular complexity index is 8610. The van der Waals surface area contributed by atoms with Crippen molar-refractivity contribution >= 4 is 188 Å². The zero-order chi connectivity index (χ0) is 89.1. The molecule has 634 valence electrons. The van der Waals surface area contributed by atoms with Crippen molar-refractivity contribution in [1.82, 2.24) is 18.3 Å². The smallest absolute Gasteiger partial charge is 0.252 e. The van der Waals surface area contributed by atoms with Crippen molar-refractivity contribution in [2.45, 2.75) is 131 Å². The highest BCUT2D eigenvalue weighted by atomic mass is 16.3. The van der Waals surface area contributed by atoms with Crippen molar-refractivity contribution < 1.29 is 8.83 Å². The van der Waals surface area contributed by atoms with Crippen LogP contribution in [0.5, 0.6) is 0 Å². The van der Waals surface area contributed by atoms with E-state index in [4.69, 9.17) is 8.83 Å². The fourth-order valence-electron chi connectivity index (χ4n) is 22.2. The Balaban J connectivity index is 0.901. The van der Waals surface area contributed by atoms with E-state index in [2.05, 4.69) is 472 Å². The van der Waals surface area contributed by atoms with Crippen LogP contribution < -0.4 is 26.2 Å². The van der Waals surface area contributed by atoms with Gasteiger partial charge < -0.3 is 36.9 Å². The van der Waals surface area contributed by atoms with Crippen LogP contribution in [0.1, 0.15) is 132 Å². The minimum Gasteiger partial charge on any atom is -0.456 e. The minimum atomic E-state index is -0.383. The predicted molar refractivity (Wildman–Crippen MR) is 557 cm³/mol. The number of hydrogen-bond acceptors (Lipinski definition) is 4. The Hall–Kier alpha value is -14.8. The maximum absolute atomic E-state index is 7.38. The quantitative estimate of drug-likeness (QED) is 0.142. The van der Waals surface area contributed by atoms with Crippen molar-refractivity contribution in [1.29, 1.82) is 0 Å². The first-order valence-electron chi connectivity index (χ1n) is 46.5. The molecule has 0 spiro atoms. The highest BCUT2D eigenvalue weighted by molar-refractivity contribution is 7.00. The van der Waals surface area contributed by atoms with Crippen LogP contribution in [0.3, 0.4) is 0 Å². The first-order chi connectivity index (χ1) is 63.2. The van der Waals surface area contributed by atoms with Gasteiger partial charge in [0.05, 0.1) is 72.6 Å². The van der Waals surface area contributed by atoms with E-state index in [0.29, 0.717) is 0 Å². The summed E-state index contributed by atoms with van der Waals surface area (Å²) in [5.74, 6) is 0. The molecular formula is C122H101BN6O2. The van der Waals surface area contributed by atoms with Gasteiger partial charge in [0, 0.05) is 110 Å². The number of fused-ring (bicyclic) bond motifs is 22. The van der Waals surface area contributed by atoms with E-state index < -0.39 is 0 Å². The molecule has 0 N–H and O–H groups in total. The number of benzene rings is 17. The molecule has 0 aliphatic carbocycles. The zero-order valence-electron chi connectivity index (χ0n) is 76.9. The number of nitrogens with zero attached hydrogens (tertiary/aromatic N) is 6. The van der Waals surface area contributed by atoms with Crippen LogP contribution >= 0.6 is 0 Å². The van der Waals surface area contributed by atoms with Crippen molar-refractivity contribution in [2.24, 2.45) is 0 Å². The molecule has 6 aromatic heterocycles. The van der Waals surface area contributed by atoms with E-state index in [1.807, 2.05) is 0 Å². The van der Waals surface area contributed by atoms with Crippen LogP contribution in [-0.4, -0.2) is 25.0 Å². The van der Waals surface area contributed by atoms with Crippen LogP contribution in [0.15, 0.2) is 349 Å². The van der Waals surface area contributed by atoms with E-state index in [9.17, 15) is 0 Å². The molecule has 0 atom stereocenters. The SMILES string of the molecule is CC(C)(C)c1ccc2c(c1)B1c3ccc(-n4c5ccc(C(C)(C)C)cc5c5cc(C(C)(C)C)ccc54)cc3N(c3c(-c4ccc5oc6ccccc6c5c4)cccc3-n3c4ccccc4c4ccccc43)c3cc(-n4c5ccc(C(C)(C)C)cc5c5cc(C(C)(C)C)ccc54)cc(c31)N2c1c(-c2cccc3c2oc2ccccc23)cccc1-n1c2ccccc2c2ccccc21. The van der Waals surface area contributed by atoms with Crippen molar-refractivity contribution in [3.8, 4) is 45.0 Å². The summed E-state index contributed by atoms with van der Waals surface area (Å²) >= 11 is 0. The molecule has 25 rings (SSSR count). The van der Waals surface area contributed by atoms with E-state index in [1.165, 1.54) is 87.3 Å². The van der Waals surface area contributed by atoms with Gasteiger partial charge in [-0.15, -0.1) is 0 Å². The second kappa shape index (κ2) is 27.9. The first kappa shape index (κ1) is 78.5. The minimum absolute atomic E-state index is 0.113. The molecule has 0 amide bonds. The zero-order valence-corrected chi connectivity index (χ0v) is 76.9. The van der Waals surface area contributed by atoms with Crippen molar-refractivity contribution in [3.63, 3.8) is 0 Å². The van der Waals surface area contributed by atoms with Crippen LogP contribution in [0.25, 0.3) is 176 Å². The molecule has 8 heterocycles. The Labute approximate surface area is 763 Å². The molecular weight excluding hydrogens is 1590 g/mol. The Morgan fingerprint density at radius 2 is 0.580 bits per heavy atom. The van der Waals surface area contributed by atoms with Gasteiger partial charge in [0.2, 0.25) is 0 Å². The lowest BCUT2D eigenvalue weighted by Gasteiger charge is -2.46. The largest absolute Gasteiger partial charge is 0.456 e. The Morgan fingerprint density at radius 1 is 0.214 bits per heavy atom. The van der Waals surface area contributed by atoms with Crippen molar-refractivity contribution in [2.75, 3.05) is 9.80 Å². The van der Waals surface area contributed by atoms with Gasteiger partial charge in [-0.1, -0.05) is 304 Å². The maximum atomic E-state index is 7.38. The predicted octanol–water partition coefficient (Wildman–Crippen LogP) is 31.8. The summed E-state index contributed by atoms with van der Waals surface area (Å²) in [6.45, 7) is 34.9. The molecule has 8 nitrogen and oxygen atoms in total. The molecule has 0 radical (unpaired) electrons. The third-order valence-electron chi connectivity index (χ3n) is 28.9. The van der Waals surface area contributed by atoms with Crippen LogP contribution in [-0.2, 0) is 27.1 Å². The maximum Gasteiger partial charge on any atom is 0.252 e. The fourth-order valence-corrected chi connectivity index (χ4v) is 22.2. The second-order valence-electron chi connectivity index (χ2n) is 42.0. The molecule has 0 saturated heterocycles. The summed E-state index contributed by atoms with van der Waals surface area (Å²) < 4.78 is 24.5. The van der Waals surface area contributed by atoms with Gasteiger partial charge in [-0.25, -0.2) is 0 Å². The lowest BCUT2D eigenvalue weighted by Crippen LogP contribution is -2.61.